The average Bonchev–Trinajstić information content (AvgIpc) is 2.67. The van der Waals surface area contributed by atoms with Crippen molar-refractivity contribution in [2.75, 3.05) is 18.1 Å². The molecule has 2 aromatic rings. The molecule has 1 amide bonds. The SMILES string of the molecule is CC1CSC(CNC(=O)OC(C)(C)C)(Cc2ccc3cccnc3n2)SCC(C)C1. The number of thioether (sulfide) groups is 2. The number of nitrogens with one attached hydrogen (secondary N) is 1. The summed E-state index contributed by atoms with van der Waals surface area (Å²) in [5, 5.41) is 4.08. The molecule has 3 rings (SSSR count). The first-order valence-corrected chi connectivity index (χ1v) is 12.6. The van der Waals surface area contributed by atoms with Gasteiger partial charge in [-0.2, -0.15) is 0 Å². The molecular weight excluding hydrogens is 414 g/mol. The van der Waals surface area contributed by atoms with Crippen LogP contribution in [0.2, 0.25) is 0 Å². The standard InChI is InChI=1S/C23H33N3O2S2/c1-16-11-17(2)14-30-23(29-13-16,15-25-21(27)28-22(3,4)5)12-19-9-8-18-7-6-10-24-20(18)26-19/h6-10,16-17H,11-15H2,1-5H3,(H,25,27). The zero-order valence-electron chi connectivity index (χ0n) is 18.6. The third kappa shape index (κ3) is 6.77. The van der Waals surface area contributed by atoms with Crippen molar-refractivity contribution in [3.8, 4) is 0 Å². The van der Waals surface area contributed by atoms with Gasteiger partial charge in [-0.3, -0.25) is 0 Å². The molecule has 7 heteroatoms. The molecule has 0 aromatic carbocycles. The summed E-state index contributed by atoms with van der Waals surface area (Å²) in [6, 6.07) is 8.13. The minimum Gasteiger partial charge on any atom is -0.444 e. The summed E-state index contributed by atoms with van der Waals surface area (Å²) in [7, 11) is 0. The number of ether oxygens (including phenoxy) is 1. The summed E-state index contributed by atoms with van der Waals surface area (Å²) >= 11 is 3.89. The number of fused-ring (bicyclic) bond motifs is 1. The van der Waals surface area contributed by atoms with Crippen LogP contribution in [0.3, 0.4) is 0 Å². The van der Waals surface area contributed by atoms with Crippen LogP contribution in [0.4, 0.5) is 4.79 Å². The van der Waals surface area contributed by atoms with E-state index < -0.39 is 5.60 Å². The van der Waals surface area contributed by atoms with Crippen molar-refractivity contribution in [3.05, 3.63) is 36.2 Å². The van der Waals surface area contributed by atoms with Gasteiger partial charge >= 0.3 is 6.09 Å². The Kier molecular flexibility index (Phi) is 7.56. The first-order valence-electron chi connectivity index (χ1n) is 10.6. The Labute approximate surface area is 188 Å². The lowest BCUT2D eigenvalue weighted by atomic mass is 10.0. The number of pyridine rings is 2. The Balaban J connectivity index is 1.82. The first kappa shape index (κ1) is 23.2. The van der Waals surface area contributed by atoms with E-state index in [1.807, 2.05) is 56.4 Å². The normalized spacial score (nSPS) is 25.4. The smallest absolute Gasteiger partial charge is 0.407 e. The highest BCUT2D eigenvalue weighted by Gasteiger charge is 2.36. The van der Waals surface area contributed by atoms with Gasteiger partial charge in [-0.15, -0.1) is 23.5 Å². The molecule has 5 nitrogen and oxygen atoms in total. The number of hydrogen-bond acceptors (Lipinski definition) is 6. The number of rotatable bonds is 4. The van der Waals surface area contributed by atoms with Gasteiger partial charge < -0.3 is 10.1 Å². The van der Waals surface area contributed by atoms with E-state index in [1.165, 1.54) is 6.42 Å². The molecule has 3 heterocycles. The van der Waals surface area contributed by atoms with Crippen molar-refractivity contribution in [1.82, 2.24) is 15.3 Å². The summed E-state index contributed by atoms with van der Waals surface area (Å²) in [4.78, 5) is 21.6. The molecule has 1 N–H and O–H groups in total. The molecule has 0 spiro atoms. The van der Waals surface area contributed by atoms with Crippen LogP contribution in [0, 0.1) is 11.8 Å². The number of hydrogen-bond donors (Lipinski definition) is 1. The molecule has 164 valence electrons. The van der Waals surface area contributed by atoms with E-state index in [4.69, 9.17) is 9.72 Å². The topological polar surface area (TPSA) is 64.1 Å². The molecule has 0 aliphatic carbocycles. The molecule has 0 bridgehead atoms. The van der Waals surface area contributed by atoms with Gasteiger partial charge in [0.1, 0.15) is 5.60 Å². The lowest BCUT2D eigenvalue weighted by Crippen LogP contribution is -2.43. The maximum absolute atomic E-state index is 12.4. The van der Waals surface area contributed by atoms with Gasteiger partial charge in [-0.1, -0.05) is 13.8 Å². The number of aromatic nitrogens is 2. The lowest BCUT2D eigenvalue weighted by molar-refractivity contribution is 0.0526. The predicted molar refractivity (Wildman–Crippen MR) is 128 cm³/mol. The molecule has 1 saturated heterocycles. The Bertz CT molecular complexity index is 857. The van der Waals surface area contributed by atoms with Crippen molar-refractivity contribution < 1.29 is 9.53 Å². The maximum Gasteiger partial charge on any atom is 0.407 e. The summed E-state index contributed by atoms with van der Waals surface area (Å²) < 4.78 is 5.30. The van der Waals surface area contributed by atoms with Crippen LogP contribution in [0.25, 0.3) is 11.0 Å². The van der Waals surface area contributed by atoms with Crippen molar-refractivity contribution in [2.45, 2.75) is 57.1 Å². The summed E-state index contributed by atoms with van der Waals surface area (Å²) in [5.41, 5.74) is 1.27. The van der Waals surface area contributed by atoms with E-state index in [0.29, 0.717) is 18.4 Å². The van der Waals surface area contributed by atoms with Gasteiger partial charge in [-0.25, -0.2) is 14.8 Å². The molecule has 1 fully saturated rings. The second-order valence-electron chi connectivity index (χ2n) is 9.36. The molecule has 0 radical (unpaired) electrons. The zero-order chi connectivity index (χ0) is 21.8. The highest BCUT2D eigenvalue weighted by atomic mass is 32.2. The average molecular weight is 448 g/mol. The van der Waals surface area contributed by atoms with Crippen LogP contribution >= 0.6 is 23.5 Å². The number of carbonyl (C=O) groups is 1. The van der Waals surface area contributed by atoms with Crippen LogP contribution < -0.4 is 5.32 Å². The molecule has 1 aliphatic heterocycles. The monoisotopic (exact) mass is 447 g/mol. The summed E-state index contributed by atoms with van der Waals surface area (Å²) in [5.74, 6) is 3.44. The first-order chi connectivity index (χ1) is 14.1. The number of nitrogens with zero attached hydrogens (tertiary/aromatic N) is 2. The highest BCUT2D eigenvalue weighted by Crippen LogP contribution is 2.44. The number of carbonyl (C=O) groups excluding carboxylic acids is 1. The van der Waals surface area contributed by atoms with Crippen LogP contribution in [-0.4, -0.2) is 43.8 Å². The van der Waals surface area contributed by atoms with Crippen LogP contribution in [-0.2, 0) is 11.2 Å². The van der Waals surface area contributed by atoms with Crippen molar-refractivity contribution in [2.24, 2.45) is 11.8 Å². The van der Waals surface area contributed by atoms with Crippen molar-refractivity contribution in [1.29, 1.82) is 0 Å². The number of alkyl carbamates (subject to hydrolysis) is 1. The fourth-order valence-electron chi connectivity index (χ4n) is 3.61. The molecule has 1 aliphatic rings. The van der Waals surface area contributed by atoms with Gasteiger partial charge in [0, 0.05) is 30.2 Å². The van der Waals surface area contributed by atoms with Gasteiger partial charge in [-0.05, 0) is 74.8 Å². The van der Waals surface area contributed by atoms with E-state index in [2.05, 4.69) is 36.3 Å². The van der Waals surface area contributed by atoms with E-state index in [9.17, 15) is 4.79 Å². The lowest BCUT2D eigenvalue weighted by Gasteiger charge is -2.37. The Morgan fingerprint density at radius 3 is 2.57 bits per heavy atom. The quantitative estimate of drug-likeness (QED) is 0.664. The van der Waals surface area contributed by atoms with E-state index in [1.54, 1.807) is 6.20 Å². The second kappa shape index (κ2) is 9.77. The fourth-order valence-corrected chi connectivity index (χ4v) is 6.65. The maximum atomic E-state index is 12.4. The van der Waals surface area contributed by atoms with Gasteiger partial charge in [0.2, 0.25) is 0 Å². The fraction of sp³-hybridized carbons (Fsp3) is 0.609. The highest BCUT2D eigenvalue weighted by molar-refractivity contribution is 8.18. The van der Waals surface area contributed by atoms with Gasteiger partial charge in [0.15, 0.2) is 5.65 Å². The van der Waals surface area contributed by atoms with E-state index >= 15 is 0 Å². The van der Waals surface area contributed by atoms with Crippen LogP contribution in [0.5, 0.6) is 0 Å². The second-order valence-corrected chi connectivity index (χ2v) is 12.4. The van der Waals surface area contributed by atoms with E-state index in [-0.39, 0.29) is 10.2 Å². The third-order valence-corrected chi connectivity index (χ3v) is 8.75. The van der Waals surface area contributed by atoms with Gasteiger partial charge in [0.05, 0.1) is 4.08 Å². The van der Waals surface area contributed by atoms with Crippen molar-refractivity contribution in [3.63, 3.8) is 0 Å². The van der Waals surface area contributed by atoms with Crippen molar-refractivity contribution >= 4 is 40.7 Å². The molecule has 30 heavy (non-hydrogen) atoms. The molecule has 2 atom stereocenters. The largest absolute Gasteiger partial charge is 0.444 e. The predicted octanol–water partition coefficient (Wildman–Crippen LogP) is 5.54. The third-order valence-electron chi connectivity index (χ3n) is 4.94. The van der Waals surface area contributed by atoms with Crippen LogP contribution in [0.15, 0.2) is 30.5 Å². The molecule has 2 unspecified atom stereocenters. The van der Waals surface area contributed by atoms with Gasteiger partial charge in [0.25, 0.3) is 0 Å². The Hall–Kier alpha value is -1.47. The van der Waals surface area contributed by atoms with E-state index in [0.717, 1.165) is 34.7 Å². The number of amides is 1. The minimum absolute atomic E-state index is 0.185. The summed E-state index contributed by atoms with van der Waals surface area (Å²) in [6.45, 7) is 10.8. The Morgan fingerprint density at radius 1 is 1.20 bits per heavy atom. The minimum atomic E-state index is -0.507. The zero-order valence-corrected chi connectivity index (χ0v) is 20.2. The van der Waals surface area contributed by atoms with Crippen LogP contribution in [0.1, 0.15) is 46.7 Å². The molecular formula is C23H33N3O2S2. The Morgan fingerprint density at radius 2 is 1.90 bits per heavy atom. The molecule has 0 saturated carbocycles. The molecule has 2 aromatic heterocycles. The summed E-state index contributed by atoms with van der Waals surface area (Å²) in [6.07, 6.45) is 3.43.